The highest BCUT2D eigenvalue weighted by molar-refractivity contribution is 5.33. The van der Waals surface area contributed by atoms with Crippen LogP contribution in [0.15, 0.2) is 17.1 Å². The van der Waals surface area contributed by atoms with E-state index in [9.17, 15) is 15.3 Å². The predicted octanol–water partition coefficient (Wildman–Crippen LogP) is 5.16. The van der Waals surface area contributed by atoms with Gasteiger partial charge < -0.3 is 33.9 Å². The van der Waals surface area contributed by atoms with Crippen LogP contribution in [0.2, 0.25) is 0 Å². The van der Waals surface area contributed by atoms with Gasteiger partial charge >= 0.3 is 0 Å². The highest BCUT2D eigenvalue weighted by Gasteiger charge is 2.84. The number of fused-ring (bicyclic) bond motifs is 4. The fourth-order valence-electron chi connectivity index (χ4n) is 13.8. The Balaban J connectivity index is 1.01. The van der Waals surface area contributed by atoms with Crippen molar-refractivity contribution in [3.05, 3.63) is 18.4 Å². The van der Waals surface area contributed by atoms with Crippen LogP contribution in [0.5, 0.6) is 0 Å². The molecule has 1 aromatic heterocycles. The Kier molecular flexibility index (Phi) is 7.55. The Morgan fingerprint density at radius 3 is 2.55 bits per heavy atom. The molecule has 6 unspecified atom stereocenters. The van der Waals surface area contributed by atoms with Crippen LogP contribution in [0.3, 0.4) is 0 Å². The average Bonchev–Trinajstić information content (AvgIpc) is 3.30. The third-order valence-corrected chi connectivity index (χ3v) is 16.1. The summed E-state index contributed by atoms with van der Waals surface area (Å²) in [5, 5.41) is 34.1. The van der Waals surface area contributed by atoms with Crippen LogP contribution in [0.1, 0.15) is 106 Å². The number of ether oxygens (including phenoxy) is 3. The SMILES string of the molecule is C[C@@H]1CC([C@H](O)C(C)(C)O)OC2[C@H]1C1(C)CCC34CC35CC[C@H](O[C@H]3CN(Cc6cocn6)CCO3)C(C)(C)[C@@H]5CCC4[C@]1(C)[C@H]2O. The molecule has 5 aliphatic carbocycles. The van der Waals surface area contributed by atoms with Gasteiger partial charge in [0.1, 0.15) is 12.4 Å². The van der Waals surface area contributed by atoms with Crippen molar-refractivity contribution in [1.82, 2.24) is 9.88 Å². The van der Waals surface area contributed by atoms with Gasteiger partial charge in [-0.25, -0.2) is 4.98 Å². The Morgan fingerprint density at radius 1 is 1.09 bits per heavy atom. The van der Waals surface area contributed by atoms with Crippen LogP contribution in [0.25, 0.3) is 0 Å². The first kappa shape index (κ1) is 33.1. The van der Waals surface area contributed by atoms with Gasteiger partial charge in [-0.2, -0.15) is 0 Å². The quantitative estimate of drug-likeness (QED) is 0.382. The first-order valence-electron chi connectivity index (χ1n) is 18.7. The normalized spacial score (nSPS) is 51.2. The Hall–Kier alpha value is -1.07. The van der Waals surface area contributed by atoms with E-state index in [1.165, 1.54) is 32.1 Å². The molecular formula is C38H60N2O7. The smallest absolute Gasteiger partial charge is 0.180 e. The Bertz CT molecular complexity index is 1330. The van der Waals surface area contributed by atoms with Gasteiger partial charge in [-0.1, -0.05) is 34.6 Å². The van der Waals surface area contributed by atoms with Crippen molar-refractivity contribution < 1.29 is 33.9 Å². The lowest BCUT2D eigenvalue weighted by atomic mass is 9.41. The molecule has 14 atom stereocenters. The summed E-state index contributed by atoms with van der Waals surface area (Å²) in [5.74, 6) is 1.60. The molecule has 0 amide bonds. The van der Waals surface area contributed by atoms with E-state index in [0.29, 0.717) is 36.2 Å². The average molecular weight is 657 g/mol. The molecule has 5 saturated carbocycles. The predicted molar refractivity (Wildman–Crippen MR) is 175 cm³/mol. The zero-order valence-electron chi connectivity index (χ0n) is 29.8. The number of aromatic nitrogens is 1. The molecule has 8 rings (SSSR count). The molecule has 7 aliphatic rings. The standard InChI is InChI=1S/C38H60N2O7/c1-22-16-24(31(41)34(4,5)43)46-30-29(22)35(6)12-13-38-20-37(38)11-10-27(33(2,3)25(37)8-9-26(38)36(35,7)32(30)42)47-28-18-40(14-15-45-28)17-23-19-44-21-39-23/h19,21-22,24-32,41-43H,8-18,20H2,1-7H3/t22-,24?,25+,26?,27+,28+,29+,30?,31+,32+,35?,36-,37?,38?/m1/s1. The van der Waals surface area contributed by atoms with E-state index in [4.69, 9.17) is 18.6 Å². The van der Waals surface area contributed by atoms with Crippen molar-refractivity contribution >= 4 is 0 Å². The molecule has 9 heteroatoms. The van der Waals surface area contributed by atoms with Crippen molar-refractivity contribution in [1.29, 1.82) is 0 Å². The molecule has 1 aromatic rings. The summed E-state index contributed by atoms with van der Waals surface area (Å²) in [5.41, 5.74) is 0.0318. The molecule has 0 bridgehead atoms. The maximum absolute atomic E-state index is 12.4. The number of hydrogen-bond donors (Lipinski definition) is 3. The van der Waals surface area contributed by atoms with E-state index in [0.717, 1.165) is 44.6 Å². The third-order valence-electron chi connectivity index (χ3n) is 16.1. The van der Waals surface area contributed by atoms with Crippen molar-refractivity contribution in [2.45, 2.75) is 149 Å². The number of aliphatic hydroxyl groups is 3. The van der Waals surface area contributed by atoms with Crippen LogP contribution in [0.4, 0.5) is 0 Å². The molecule has 2 aliphatic heterocycles. The number of rotatable bonds is 6. The van der Waals surface area contributed by atoms with Crippen molar-refractivity contribution in [2.75, 3.05) is 19.7 Å². The fraction of sp³-hybridized carbons (Fsp3) is 0.921. The molecule has 9 nitrogen and oxygen atoms in total. The minimum atomic E-state index is -1.25. The van der Waals surface area contributed by atoms with E-state index < -0.39 is 23.9 Å². The topological polar surface area (TPSA) is 118 Å². The summed E-state index contributed by atoms with van der Waals surface area (Å²) in [6, 6.07) is 0. The lowest BCUT2D eigenvalue weighted by molar-refractivity contribution is -0.249. The number of hydrogen-bond acceptors (Lipinski definition) is 9. The van der Waals surface area contributed by atoms with Gasteiger partial charge in [-0.3, -0.25) is 4.90 Å². The second-order valence-corrected chi connectivity index (χ2v) is 18.8. The Morgan fingerprint density at radius 2 is 1.83 bits per heavy atom. The van der Waals surface area contributed by atoms with Crippen molar-refractivity contribution in [3.8, 4) is 0 Å². The summed E-state index contributed by atoms with van der Waals surface area (Å²) in [6.07, 6.45) is 9.71. The lowest BCUT2D eigenvalue weighted by Crippen LogP contribution is -2.60. The lowest BCUT2D eigenvalue weighted by Gasteiger charge is -2.64. The minimum Gasteiger partial charge on any atom is -0.451 e. The van der Waals surface area contributed by atoms with Gasteiger partial charge in [0.2, 0.25) is 0 Å². The van der Waals surface area contributed by atoms with E-state index in [1.54, 1.807) is 20.1 Å². The zero-order chi connectivity index (χ0) is 33.4. The van der Waals surface area contributed by atoms with Crippen molar-refractivity contribution in [2.24, 2.45) is 50.7 Å². The van der Waals surface area contributed by atoms with Gasteiger partial charge in [-0.05, 0) is 111 Å². The summed E-state index contributed by atoms with van der Waals surface area (Å²) in [4.78, 5) is 6.66. The van der Waals surface area contributed by atoms with Gasteiger partial charge in [-0.15, -0.1) is 0 Å². The van der Waals surface area contributed by atoms with Crippen molar-refractivity contribution in [3.63, 3.8) is 0 Å². The minimum absolute atomic E-state index is 0.0281. The van der Waals surface area contributed by atoms with Crippen LogP contribution in [-0.4, -0.2) is 87.3 Å². The summed E-state index contributed by atoms with van der Waals surface area (Å²) in [6.45, 7) is 18.4. The first-order valence-corrected chi connectivity index (χ1v) is 18.7. The number of nitrogens with zero attached hydrogens (tertiary/aromatic N) is 2. The number of oxazole rings is 1. The van der Waals surface area contributed by atoms with Gasteiger partial charge in [0.05, 0.1) is 48.9 Å². The van der Waals surface area contributed by atoms with E-state index in [1.807, 2.05) is 0 Å². The molecule has 3 N–H and O–H groups in total. The van der Waals surface area contributed by atoms with Crippen LogP contribution >= 0.6 is 0 Å². The second kappa shape index (κ2) is 10.7. The summed E-state index contributed by atoms with van der Waals surface area (Å²) >= 11 is 0. The molecule has 3 heterocycles. The van der Waals surface area contributed by atoms with Gasteiger partial charge in [0.15, 0.2) is 12.7 Å². The molecule has 2 saturated heterocycles. The monoisotopic (exact) mass is 656 g/mol. The maximum atomic E-state index is 12.4. The zero-order valence-corrected chi connectivity index (χ0v) is 29.8. The van der Waals surface area contributed by atoms with Gasteiger partial charge in [0.25, 0.3) is 0 Å². The molecule has 2 spiro atoms. The molecule has 0 radical (unpaired) electrons. The van der Waals surface area contributed by atoms with Gasteiger partial charge in [0, 0.05) is 18.5 Å². The second-order valence-electron chi connectivity index (χ2n) is 18.8. The summed E-state index contributed by atoms with van der Waals surface area (Å²) in [7, 11) is 0. The molecule has 264 valence electrons. The largest absolute Gasteiger partial charge is 0.451 e. The van der Waals surface area contributed by atoms with E-state index >= 15 is 0 Å². The van der Waals surface area contributed by atoms with E-state index in [2.05, 4.69) is 44.5 Å². The highest BCUT2D eigenvalue weighted by atomic mass is 16.7. The molecule has 7 fully saturated rings. The van der Waals surface area contributed by atoms with E-state index in [-0.39, 0.29) is 46.1 Å². The Labute approximate surface area is 281 Å². The third kappa shape index (κ3) is 4.48. The highest BCUT2D eigenvalue weighted by Crippen LogP contribution is 2.89. The number of aliphatic hydroxyl groups excluding tert-OH is 2. The molecular weight excluding hydrogens is 596 g/mol. The number of morpholine rings is 1. The van der Waals surface area contributed by atoms with Crippen LogP contribution in [-0.2, 0) is 20.8 Å². The fourth-order valence-corrected chi connectivity index (χ4v) is 13.8. The summed E-state index contributed by atoms with van der Waals surface area (Å²) < 4.78 is 25.0. The first-order chi connectivity index (χ1) is 22.1. The maximum Gasteiger partial charge on any atom is 0.180 e. The van der Waals surface area contributed by atoms with Crippen LogP contribution in [0, 0.1) is 50.7 Å². The molecule has 47 heavy (non-hydrogen) atoms. The molecule has 0 aromatic carbocycles. The van der Waals surface area contributed by atoms with Crippen LogP contribution < -0.4 is 0 Å².